The van der Waals surface area contributed by atoms with Gasteiger partial charge in [0.15, 0.2) is 5.78 Å². The summed E-state index contributed by atoms with van der Waals surface area (Å²) in [5.41, 5.74) is 2.17. The van der Waals surface area contributed by atoms with Crippen molar-refractivity contribution < 1.29 is 4.79 Å². The van der Waals surface area contributed by atoms with Crippen LogP contribution in [0.3, 0.4) is 0 Å². The molecular weight excluding hydrogens is 160 g/mol. The standard InChI is InChI=1S/C10H14O.C2H6/c1-3-8-6-5-7-10(11)9(8)4-2;1-2/h3-4H,5-7H2,1-2H3;1-2H3/b8-3-,9-4+;. The molecule has 0 unspecified atom stereocenters. The lowest BCUT2D eigenvalue weighted by atomic mass is 9.88. The normalized spacial score (nSPS) is 22.9. The zero-order valence-corrected chi connectivity index (χ0v) is 9.18. The summed E-state index contributed by atoms with van der Waals surface area (Å²) in [5, 5.41) is 0. The minimum atomic E-state index is 0.312. The van der Waals surface area contributed by atoms with Crippen LogP contribution in [0.15, 0.2) is 23.3 Å². The van der Waals surface area contributed by atoms with Gasteiger partial charge in [-0.05, 0) is 32.3 Å². The van der Waals surface area contributed by atoms with E-state index in [-0.39, 0.29) is 0 Å². The number of carbonyl (C=O) groups is 1. The first-order valence-electron chi connectivity index (χ1n) is 5.14. The molecule has 0 radical (unpaired) electrons. The predicted molar refractivity (Wildman–Crippen MR) is 57.7 cm³/mol. The van der Waals surface area contributed by atoms with Gasteiger partial charge >= 0.3 is 0 Å². The Kier molecular flexibility index (Phi) is 6.21. The van der Waals surface area contributed by atoms with E-state index in [4.69, 9.17) is 0 Å². The zero-order valence-electron chi connectivity index (χ0n) is 9.18. The second kappa shape index (κ2) is 6.64. The summed E-state index contributed by atoms with van der Waals surface area (Å²) in [6.45, 7) is 7.93. The van der Waals surface area contributed by atoms with Gasteiger partial charge in [-0.15, -0.1) is 0 Å². The predicted octanol–water partition coefficient (Wildman–Crippen LogP) is 3.66. The van der Waals surface area contributed by atoms with E-state index >= 15 is 0 Å². The van der Waals surface area contributed by atoms with Crippen molar-refractivity contribution in [3.05, 3.63) is 23.3 Å². The molecule has 0 heterocycles. The highest BCUT2D eigenvalue weighted by atomic mass is 16.1. The number of ketones is 1. The number of hydrogen-bond acceptors (Lipinski definition) is 1. The van der Waals surface area contributed by atoms with Crippen molar-refractivity contribution in [2.45, 2.75) is 47.0 Å². The van der Waals surface area contributed by atoms with Crippen molar-refractivity contribution >= 4 is 5.78 Å². The largest absolute Gasteiger partial charge is 0.294 e. The van der Waals surface area contributed by atoms with Crippen molar-refractivity contribution in [2.24, 2.45) is 0 Å². The summed E-state index contributed by atoms with van der Waals surface area (Å²) in [7, 11) is 0. The highest BCUT2D eigenvalue weighted by molar-refractivity contribution is 6.00. The molecule has 1 rings (SSSR count). The smallest absolute Gasteiger partial charge is 0.162 e. The lowest BCUT2D eigenvalue weighted by Crippen LogP contribution is -2.10. The number of rotatable bonds is 0. The van der Waals surface area contributed by atoms with Crippen LogP contribution in [0, 0.1) is 0 Å². The SMILES string of the molecule is C/C=C1/CCCC(=O)/C1=C/C.CC. The van der Waals surface area contributed by atoms with E-state index in [1.165, 1.54) is 5.57 Å². The molecule has 0 spiro atoms. The molecule has 1 fully saturated rings. The first kappa shape index (κ1) is 12.2. The van der Waals surface area contributed by atoms with Crippen LogP contribution >= 0.6 is 0 Å². The van der Waals surface area contributed by atoms with Gasteiger partial charge < -0.3 is 0 Å². The Morgan fingerprint density at radius 1 is 1.08 bits per heavy atom. The van der Waals surface area contributed by atoms with Crippen LogP contribution in [0.5, 0.6) is 0 Å². The maximum Gasteiger partial charge on any atom is 0.162 e. The summed E-state index contributed by atoms with van der Waals surface area (Å²) in [6, 6.07) is 0. The Hall–Kier alpha value is -0.850. The molecule has 0 amide bonds. The Morgan fingerprint density at radius 3 is 2.08 bits per heavy atom. The van der Waals surface area contributed by atoms with Crippen LogP contribution in [0.4, 0.5) is 0 Å². The molecule has 0 aromatic carbocycles. The minimum Gasteiger partial charge on any atom is -0.294 e. The maximum absolute atomic E-state index is 11.3. The fraction of sp³-hybridized carbons (Fsp3) is 0.583. The Labute approximate surface area is 81.5 Å². The first-order valence-corrected chi connectivity index (χ1v) is 5.14. The molecule has 0 N–H and O–H groups in total. The molecule has 1 nitrogen and oxygen atoms in total. The Balaban J connectivity index is 0.000000671. The molecule has 74 valence electrons. The summed E-state index contributed by atoms with van der Waals surface area (Å²) in [4.78, 5) is 11.3. The van der Waals surface area contributed by atoms with Crippen molar-refractivity contribution in [2.75, 3.05) is 0 Å². The molecule has 1 heteroatoms. The van der Waals surface area contributed by atoms with Crippen LogP contribution in [0.1, 0.15) is 47.0 Å². The van der Waals surface area contributed by atoms with Gasteiger partial charge in [0.2, 0.25) is 0 Å². The van der Waals surface area contributed by atoms with E-state index in [0.717, 1.165) is 24.8 Å². The quantitative estimate of drug-likeness (QED) is 0.520. The third-order valence-corrected chi connectivity index (χ3v) is 2.13. The molecule has 0 aromatic rings. The van der Waals surface area contributed by atoms with E-state index in [2.05, 4.69) is 0 Å². The zero-order chi connectivity index (χ0) is 10.3. The van der Waals surface area contributed by atoms with Gasteiger partial charge in [0, 0.05) is 12.0 Å². The average Bonchev–Trinajstić information content (AvgIpc) is 2.20. The minimum absolute atomic E-state index is 0.312. The van der Waals surface area contributed by atoms with Crippen LogP contribution in [0.2, 0.25) is 0 Å². The van der Waals surface area contributed by atoms with Gasteiger partial charge in [0.1, 0.15) is 0 Å². The van der Waals surface area contributed by atoms with Gasteiger partial charge in [-0.3, -0.25) is 4.79 Å². The molecular formula is C12H20O. The topological polar surface area (TPSA) is 17.1 Å². The maximum atomic E-state index is 11.3. The van der Waals surface area contributed by atoms with Gasteiger partial charge in [-0.25, -0.2) is 0 Å². The second-order valence-corrected chi connectivity index (χ2v) is 2.79. The van der Waals surface area contributed by atoms with Gasteiger partial charge in [-0.1, -0.05) is 26.0 Å². The summed E-state index contributed by atoms with van der Waals surface area (Å²) in [6.07, 6.45) is 6.80. The lowest BCUT2D eigenvalue weighted by molar-refractivity contribution is -0.115. The van der Waals surface area contributed by atoms with E-state index in [1.54, 1.807) is 0 Å². The molecule has 0 bridgehead atoms. The van der Waals surface area contributed by atoms with Crippen molar-refractivity contribution in [1.29, 1.82) is 0 Å². The van der Waals surface area contributed by atoms with Crippen molar-refractivity contribution in [3.8, 4) is 0 Å². The van der Waals surface area contributed by atoms with E-state index < -0.39 is 0 Å². The highest BCUT2D eigenvalue weighted by Gasteiger charge is 2.17. The summed E-state index contributed by atoms with van der Waals surface area (Å²) in [5.74, 6) is 0.312. The highest BCUT2D eigenvalue weighted by Crippen LogP contribution is 2.25. The third kappa shape index (κ3) is 3.17. The van der Waals surface area contributed by atoms with Gasteiger partial charge in [0.25, 0.3) is 0 Å². The Morgan fingerprint density at radius 2 is 1.69 bits per heavy atom. The van der Waals surface area contributed by atoms with Gasteiger partial charge in [-0.2, -0.15) is 0 Å². The molecule has 0 aromatic heterocycles. The number of Topliss-reactive ketones (excluding diaryl/α,β-unsaturated/α-hetero) is 1. The molecule has 1 aliphatic rings. The molecule has 0 saturated heterocycles. The average molecular weight is 180 g/mol. The first-order chi connectivity index (χ1) is 6.29. The van der Waals surface area contributed by atoms with E-state index in [9.17, 15) is 4.79 Å². The van der Waals surface area contributed by atoms with Crippen molar-refractivity contribution in [1.82, 2.24) is 0 Å². The van der Waals surface area contributed by atoms with E-state index in [0.29, 0.717) is 5.78 Å². The number of carbonyl (C=O) groups excluding carboxylic acids is 1. The van der Waals surface area contributed by atoms with Gasteiger partial charge in [0.05, 0.1) is 0 Å². The molecule has 1 aliphatic carbocycles. The summed E-state index contributed by atoms with van der Waals surface area (Å²) < 4.78 is 0. The fourth-order valence-electron chi connectivity index (χ4n) is 1.53. The Bertz CT molecular complexity index is 221. The van der Waals surface area contributed by atoms with E-state index in [1.807, 2.05) is 39.8 Å². The molecule has 0 atom stereocenters. The van der Waals surface area contributed by atoms with Crippen LogP contribution < -0.4 is 0 Å². The molecule has 1 saturated carbocycles. The van der Waals surface area contributed by atoms with Crippen LogP contribution in [-0.4, -0.2) is 5.78 Å². The monoisotopic (exact) mass is 180 g/mol. The molecule has 0 aliphatic heterocycles. The van der Waals surface area contributed by atoms with Crippen molar-refractivity contribution in [3.63, 3.8) is 0 Å². The van der Waals surface area contributed by atoms with Crippen LogP contribution in [0.25, 0.3) is 0 Å². The second-order valence-electron chi connectivity index (χ2n) is 2.79. The number of hydrogen-bond donors (Lipinski definition) is 0. The fourth-order valence-corrected chi connectivity index (χ4v) is 1.53. The van der Waals surface area contributed by atoms with Crippen LogP contribution in [-0.2, 0) is 4.79 Å². The third-order valence-electron chi connectivity index (χ3n) is 2.13. The summed E-state index contributed by atoms with van der Waals surface area (Å²) >= 11 is 0. The number of allylic oxidation sites excluding steroid dienone is 4. The lowest BCUT2D eigenvalue weighted by Gasteiger charge is -2.15. The molecule has 13 heavy (non-hydrogen) atoms.